The summed E-state index contributed by atoms with van der Waals surface area (Å²) in [5.41, 5.74) is 0. The number of hydrogen-bond acceptors (Lipinski definition) is 3. The molecule has 0 spiro atoms. The van der Waals surface area contributed by atoms with Crippen LogP contribution in [-0.4, -0.2) is 37.5 Å². The van der Waals surface area contributed by atoms with Crippen LogP contribution in [0.3, 0.4) is 0 Å². The van der Waals surface area contributed by atoms with Gasteiger partial charge < -0.3 is 4.74 Å². The van der Waals surface area contributed by atoms with Gasteiger partial charge in [-0.2, -0.15) is 5.06 Å². The van der Waals surface area contributed by atoms with Crippen molar-refractivity contribution in [3.8, 4) is 0 Å². The van der Waals surface area contributed by atoms with Crippen LogP contribution in [-0.2, 0) is 9.57 Å². The van der Waals surface area contributed by atoms with Crippen molar-refractivity contribution >= 4 is 0 Å². The molecule has 0 aromatic carbocycles. The zero-order valence-corrected chi connectivity index (χ0v) is 24.4. The number of hydroxylamine groups is 2. The molecule has 0 rings (SSSR count). The van der Waals surface area contributed by atoms with Crippen LogP contribution in [0.15, 0.2) is 0 Å². The van der Waals surface area contributed by atoms with Crippen LogP contribution in [0.2, 0.25) is 0 Å². The molecule has 3 nitrogen and oxygen atoms in total. The van der Waals surface area contributed by atoms with Gasteiger partial charge in [0, 0.05) is 20.2 Å². The lowest BCUT2D eigenvalue weighted by molar-refractivity contribution is -0.215. The van der Waals surface area contributed by atoms with Gasteiger partial charge in [-0.25, -0.2) is 0 Å². The van der Waals surface area contributed by atoms with Gasteiger partial charge in [-0.15, -0.1) is 0 Å². The summed E-state index contributed by atoms with van der Waals surface area (Å²) in [6.07, 6.45) is 30.1. The van der Waals surface area contributed by atoms with E-state index in [2.05, 4.69) is 34.7 Å². The zero-order valence-electron chi connectivity index (χ0n) is 24.4. The van der Waals surface area contributed by atoms with E-state index in [1.54, 1.807) is 0 Å². The molecule has 0 amide bonds. The molecule has 0 aliphatic rings. The van der Waals surface area contributed by atoms with E-state index in [1.807, 2.05) is 5.06 Å². The second-order valence-corrected chi connectivity index (χ2v) is 10.7. The van der Waals surface area contributed by atoms with Gasteiger partial charge >= 0.3 is 0 Å². The maximum absolute atomic E-state index is 6.30. The summed E-state index contributed by atoms with van der Waals surface area (Å²) < 4.78 is 6.24. The van der Waals surface area contributed by atoms with E-state index >= 15 is 0 Å². The fourth-order valence-electron chi connectivity index (χ4n) is 4.66. The van der Waals surface area contributed by atoms with Crippen molar-refractivity contribution in [1.82, 2.24) is 5.06 Å². The highest BCUT2D eigenvalue weighted by atomic mass is 16.7. The van der Waals surface area contributed by atoms with Crippen molar-refractivity contribution < 1.29 is 9.57 Å². The van der Waals surface area contributed by atoms with E-state index in [9.17, 15) is 0 Å². The smallest absolute Gasteiger partial charge is 0.105 e. The first kappa shape index (κ1) is 33.9. The highest BCUT2D eigenvalue weighted by molar-refractivity contribution is 4.67. The lowest BCUT2D eigenvalue weighted by Gasteiger charge is -2.29. The molecule has 0 heterocycles. The Balaban J connectivity index is 3.79. The van der Waals surface area contributed by atoms with Crippen LogP contribution in [0.5, 0.6) is 0 Å². The minimum atomic E-state index is 0.178. The van der Waals surface area contributed by atoms with E-state index in [0.29, 0.717) is 0 Å². The molecule has 206 valence electrons. The number of nitrogens with zero attached hydrogens (tertiary/aromatic N) is 1. The lowest BCUT2D eigenvalue weighted by atomic mass is 10.0. The van der Waals surface area contributed by atoms with E-state index in [1.165, 1.54) is 135 Å². The van der Waals surface area contributed by atoms with Gasteiger partial charge in [0.05, 0.1) is 6.10 Å². The quantitative estimate of drug-likeness (QED) is 0.0815. The fourth-order valence-corrected chi connectivity index (χ4v) is 4.66. The van der Waals surface area contributed by atoms with Crippen LogP contribution < -0.4 is 0 Å². The van der Waals surface area contributed by atoms with Gasteiger partial charge in [-0.1, -0.05) is 143 Å². The van der Waals surface area contributed by atoms with Gasteiger partial charge in [0.2, 0.25) is 0 Å². The molecule has 2 unspecified atom stereocenters. The molecule has 0 saturated carbocycles. The van der Waals surface area contributed by atoms with Crippen molar-refractivity contribution in [2.45, 2.75) is 181 Å². The van der Waals surface area contributed by atoms with Gasteiger partial charge in [0.1, 0.15) is 6.10 Å². The molecular formula is C31H65NO2. The lowest BCUT2D eigenvalue weighted by Crippen LogP contribution is -2.36. The van der Waals surface area contributed by atoms with Crippen LogP contribution in [0.4, 0.5) is 0 Å². The summed E-state index contributed by atoms with van der Waals surface area (Å²) in [6, 6.07) is 0. The third-order valence-electron chi connectivity index (χ3n) is 7.14. The zero-order chi connectivity index (χ0) is 25.1. The Kier molecular flexibility index (Phi) is 27.4. The molecule has 0 aromatic rings. The second-order valence-electron chi connectivity index (χ2n) is 10.7. The van der Waals surface area contributed by atoms with Crippen molar-refractivity contribution in [3.05, 3.63) is 0 Å². The monoisotopic (exact) mass is 484 g/mol. The molecule has 0 N–H and O–H groups in total. The Morgan fingerprint density at radius 2 is 0.941 bits per heavy atom. The predicted molar refractivity (Wildman–Crippen MR) is 152 cm³/mol. The standard InChI is InChI=1S/C31H65NO2/c1-6-9-12-14-15-16-17-18-19-20-21-22-24-26-29-33-30(4)31(27-25-23-13-10-7-2)34-32(5)28-11-8-3/h30-31H,6-29H2,1-5H3. The highest BCUT2D eigenvalue weighted by Gasteiger charge is 2.20. The van der Waals surface area contributed by atoms with Gasteiger partial charge in [0.25, 0.3) is 0 Å². The Morgan fingerprint density at radius 1 is 0.529 bits per heavy atom. The van der Waals surface area contributed by atoms with E-state index in [4.69, 9.17) is 9.57 Å². The number of hydrogen-bond donors (Lipinski definition) is 0. The third kappa shape index (κ3) is 23.6. The molecule has 0 aliphatic heterocycles. The Labute approximate surface area is 216 Å². The SMILES string of the molecule is CCCCCCCCCCCCCCCCOC(C)C(CCCCCCC)ON(C)CCCC. The van der Waals surface area contributed by atoms with Crippen molar-refractivity contribution in [1.29, 1.82) is 0 Å². The van der Waals surface area contributed by atoms with Crippen molar-refractivity contribution in [3.63, 3.8) is 0 Å². The van der Waals surface area contributed by atoms with Gasteiger partial charge in [-0.05, 0) is 26.2 Å². The molecule has 2 atom stereocenters. The first-order valence-corrected chi connectivity index (χ1v) is 15.6. The largest absolute Gasteiger partial charge is 0.376 e. The predicted octanol–water partition coefficient (Wildman–Crippen LogP) is 10.3. The molecule has 0 bridgehead atoms. The normalized spacial score (nSPS) is 13.6. The van der Waals surface area contributed by atoms with E-state index < -0.39 is 0 Å². The molecule has 34 heavy (non-hydrogen) atoms. The van der Waals surface area contributed by atoms with Crippen LogP contribution in [0, 0.1) is 0 Å². The highest BCUT2D eigenvalue weighted by Crippen LogP contribution is 2.17. The summed E-state index contributed by atoms with van der Waals surface area (Å²) in [5, 5.41) is 2.05. The fraction of sp³-hybridized carbons (Fsp3) is 1.00. The van der Waals surface area contributed by atoms with Crippen molar-refractivity contribution in [2.24, 2.45) is 0 Å². The van der Waals surface area contributed by atoms with E-state index in [0.717, 1.165) is 19.6 Å². The summed E-state index contributed by atoms with van der Waals surface area (Å²) in [6.45, 7) is 10.9. The topological polar surface area (TPSA) is 21.7 Å². The van der Waals surface area contributed by atoms with Crippen LogP contribution >= 0.6 is 0 Å². The maximum atomic E-state index is 6.30. The van der Waals surface area contributed by atoms with Crippen molar-refractivity contribution in [2.75, 3.05) is 20.2 Å². The first-order valence-electron chi connectivity index (χ1n) is 15.6. The van der Waals surface area contributed by atoms with Crippen LogP contribution in [0.1, 0.15) is 169 Å². The minimum absolute atomic E-state index is 0.178. The molecule has 0 radical (unpaired) electrons. The third-order valence-corrected chi connectivity index (χ3v) is 7.14. The summed E-state index contributed by atoms with van der Waals surface area (Å²) in [4.78, 5) is 6.30. The summed E-state index contributed by atoms with van der Waals surface area (Å²) in [7, 11) is 2.08. The number of ether oxygens (including phenoxy) is 1. The second kappa shape index (κ2) is 27.5. The molecule has 0 aliphatic carbocycles. The van der Waals surface area contributed by atoms with E-state index in [-0.39, 0.29) is 12.2 Å². The van der Waals surface area contributed by atoms with Crippen LogP contribution in [0.25, 0.3) is 0 Å². The summed E-state index contributed by atoms with van der Waals surface area (Å²) >= 11 is 0. The Morgan fingerprint density at radius 3 is 1.41 bits per heavy atom. The van der Waals surface area contributed by atoms with Gasteiger partial charge in [0.15, 0.2) is 0 Å². The minimum Gasteiger partial charge on any atom is -0.376 e. The average Bonchev–Trinajstić information content (AvgIpc) is 2.84. The first-order chi connectivity index (χ1) is 16.7. The van der Waals surface area contributed by atoms with Gasteiger partial charge in [-0.3, -0.25) is 4.84 Å². The maximum Gasteiger partial charge on any atom is 0.105 e. The summed E-state index contributed by atoms with van der Waals surface area (Å²) in [5.74, 6) is 0. The molecule has 0 fully saturated rings. The average molecular weight is 484 g/mol. The molecular weight excluding hydrogens is 418 g/mol. The Hall–Kier alpha value is -0.120. The number of unbranched alkanes of at least 4 members (excludes halogenated alkanes) is 18. The Bertz CT molecular complexity index is 376. The molecule has 3 heteroatoms. The molecule has 0 saturated heterocycles. The number of rotatable bonds is 28. The molecule has 0 aromatic heterocycles.